The molecule has 1 aromatic heterocycles. The first-order valence-electron chi connectivity index (χ1n) is 8.66. The van der Waals surface area contributed by atoms with E-state index in [4.69, 9.17) is 10.6 Å². The van der Waals surface area contributed by atoms with Crippen molar-refractivity contribution in [3.63, 3.8) is 0 Å². The first-order chi connectivity index (χ1) is 11.7. The van der Waals surface area contributed by atoms with E-state index in [1.807, 2.05) is 24.5 Å². The van der Waals surface area contributed by atoms with E-state index in [-0.39, 0.29) is 0 Å². The minimum atomic E-state index is 0.493. The Balaban J connectivity index is 1.30. The highest BCUT2D eigenvalue weighted by atomic mass is 16.7. The number of hydrogen-bond acceptors (Lipinski definition) is 8. The lowest BCUT2D eigenvalue weighted by Gasteiger charge is -2.25. The minimum Gasteiger partial charge on any atom is -0.397 e. The SMILES string of the molecule is CN1CN(NCCCOn2cc(CN3CCCCC3)cn2)C(N)=N1. The third-order valence-electron chi connectivity index (χ3n) is 4.21. The lowest BCUT2D eigenvalue weighted by Crippen LogP contribution is -2.46. The van der Waals surface area contributed by atoms with Crippen molar-refractivity contribution in [2.24, 2.45) is 10.8 Å². The van der Waals surface area contributed by atoms with Gasteiger partial charge in [0.25, 0.3) is 0 Å². The van der Waals surface area contributed by atoms with Gasteiger partial charge in [0.1, 0.15) is 13.3 Å². The fourth-order valence-corrected chi connectivity index (χ4v) is 2.98. The maximum Gasteiger partial charge on any atom is 0.230 e. The quantitative estimate of drug-likeness (QED) is 0.626. The molecular weight excluding hydrogens is 308 g/mol. The number of rotatable bonds is 8. The summed E-state index contributed by atoms with van der Waals surface area (Å²) in [6.45, 7) is 5.37. The molecule has 0 atom stereocenters. The molecule has 2 aliphatic heterocycles. The monoisotopic (exact) mass is 336 g/mol. The van der Waals surface area contributed by atoms with Crippen LogP contribution in [0.5, 0.6) is 0 Å². The van der Waals surface area contributed by atoms with Crippen LogP contribution in [0.15, 0.2) is 17.5 Å². The largest absolute Gasteiger partial charge is 0.397 e. The van der Waals surface area contributed by atoms with Crippen molar-refractivity contribution in [3.05, 3.63) is 18.0 Å². The van der Waals surface area contributed by atoms with Gasteiger partial charge in [-0.1, -0.05) is 6.42 Å². The van der Waals surface area contributed by atoms with Gasteiger partial charge in [0.05, 0.1) is 12.4 Å². The molecule has 1 aromatic rings. The van der Waals surface area contributed by atoms with Crippen LogP contribution in [0.2, 0.25) is 0 Å². The number of piperidine rings is 1. The van der Waals surface area contributed by atoms with Crippen molar-refractivity contribution in [2.45, 2.75) is 32.2 Å². The zero-order valence-corrected chi connectivity index (χ0v) is 14.4. The molecule has 134 valence electrons. The molecule has 0 unspecified atom stereocenters. The van der Waals surface area contributed by atoms with Gasteiger partial charge in [-0.15, -0.1) is 15.0 Å². The molecule has 1 saturated heterocycles. The van der Waals surface area contributed by atoms with Gasteiger partial charge in [-0.2, -0.15) is 0 Å². The van der Waals surface area contributed by atoms with Crippen molar-refractivity contribution in [3.8, 4) is 0 Å². The summed E-state index contributed by atoms with van der Waals surface area (Å²) in [6.07, 6.45) is 8.69. The summed E-state index contributed by atoms with van der Waals surface area (Å²) in [6, 6.07) is 0. The summed E-state index contributed by atoms with van der Waals surface area (Å²) in [7, 11) is 1.89. The zero-order valence-electron chi connectivity index (χ0n) is 14.4. The van der Waals surface area contributed by atoms with E-state index >= 15 is 0 Å². The summed E-state index contributed by atoms with van der Waals surface area (Å²) in [5.74, 6) is 0.493. The van der Waals surface area contributed by atoms with Crippen LogP contribution in [0.3, 0.4) is 0 Å². The van der Waals surface area contributed by atoms with Gasteiger partial charge in [-0.3, -0.25) is 14.9 Å². The van der Waals surface area contributed by atoms with Gasteiger partial charge < -0.3 is 10.6 Å². The molecule has 0 bridgehead atoms. The van der Waals surface area contributed by atoms with E-state index in [9.17, 15) is 0 Å². The van der Waals surface area contributed by atoms with Crippen molar-refractivity contribution in [1.29, 1.82) is 0 Å². The van der Waals surface area contributed by atoms with Gasteiger partial charge >= 0.3 is 0 Å². The highest BCUT2D eigenvalue weighted by Crippen LogP contribution is 2.12. The number of guanidine groups is 1. The number of aromatic nitrogens is 2. The van der Waals surface area contributed by atoms with Crippen LogP contribution in [-0.2, 0) is 6.54 Å². The summed E-state index contributed by atoms with van der Waals surface area (Å²) < 4.78 is 0. The third-order valence-corrected chi connectivity index (χ3v) is 4.21. The number of hydrazine groups is 1. The van der Waals surface area contributed by atoms with Crippen molar-refractivity contribution in [2.75, 3.05) is 40.0 Å². The average molecular weight is 336 g/mol. The highest BCUT2D eigenvalue weighted by Gasteiger charge is 2.16. The van der Waals surface area contributed by atoms with Gasteiger partial charge in [0.2, 0.25) is 5.96 Å². The first-order valence-corrected chi connectivity index (χ1v) is 8.66. The van der Waals surface area contributed by atoms with Crippen molar-refractivity contribution >= 4 is 5.96 Å². The van der Waals surface area contributed by atoms with Crippen molar-refractivity contribution < 1.29 is 4.84 Å². The summed E-state index contributed by atoms with van der Waals surface area (Å²) >= 11 is 0. The molecule has 24 heavy (non-hydrogen) atoms. The topological polar surface area (TPSA) is 87.2 Å². The number of nitrogens with two attached hydrogens (primary N) is 1. The Morgan fingerprint density at radius 3 is 2.88 bits per heavy atom. The van der Waals surface area contributed by atoms with Gasteiger partial charge in [0, 0.05) is 25.7 Å². The average Bonchev–Trinajstić information content (AvgIpc) is 3.14. The fraction of sp³-hybridized carbons (Fsp3) is 0.733. The Morgan fingerprint density at radius 2 is 2.12 bits per heavy atom. The van der Waals surface area contributed by atoms with Gasteiger partial charge in [-0.05, 0) is 32.4 Å². The fourth-order valence-electron chi connectivity index (χ4n) is 2.98. The van der Waals surface area contributed by atoms with Gasteiger partial charge in [0.15, 0.2) is 0 Å². The Morgan fingerprint density at radius 1 is 1.29 bits per heavy atom. The van der Waals surface area contributed by atoms with Crippen LogP contribution >= 0.6 is 0 Å². The highest BCUT2D eigenvalue weighted by molar-refractivity contribution is 5.78. The molecule has 0 spiro atoms. The summed E-state index contributed by atoms with van der Waals surface area (Å²) in [4.78, 5) is 9.69. The van der Waals surface area contributed by atoms with E-state index in [0.29, 0.717) is 19.2 Å². The standard InChI is InChI=1S/C15H28N8O/c1-20-13-22(15(16)19-20)17-6-5-9-24-23-12-14(10-18-23)11-21-7-3-2-4-8-21/h10,12,17H,2-9,11,13H2,1H3,(H2,16,19). The van der Waals surface area contributed by atoms with E-state index in [1.165, 1.54) is 37.9 Å². The molecule has 9 heteroatoms. The number of nitrogens with one attached hydrogen (secondary N) is 1. The van der Waals surface area contributed by atoms with Crippen LogP contribution in [0.1, 0.15) is 31.2 Å². The van der Waals surface area contributed by atoms with Crippen LogP contribution in [0, 0.1) is 0 Å². The summed E-state index contributed by atoms with van der Waals surface area (Å²) in [5, 5.41) is 12.0. The second-order valence-corrected chi connectivity index (χ2v) is 6.37. The molecule has 0 aliphatic carbocycles. The van der Waals surface area contributed by atoms with E-state index < -0.39 is 0 Å². The lowest BCUT2D eigenvalue weighted by atomic mass is 10.1. The Bertz CT molecular complexity index is 539. The number of nitrogens with zero attached hydrogens (tertiary/aromatic N) is 6. The molecule has 0 aromatic carbocycles. The molecule has 3 rings (SSSR count). The smallest absolute Gasteiger partial charge is 0.230 e. The maximum atomic E-state index is 5.78. The second kappa shape index (κ2) is 8.20. The molecule has 1 fully saturated rings. The molecule has 0 radical (unpaired) electrons. The predicted molar refractivity (Wildman–Crippen MR) is 91.5 cm³/mol. The Kier molecular flexibility index (Phi) is 5.76. The third kappa shape index (κ3) is 4.75. The second-order valence-electron chi connectivity index (χ2n) is 6.37. The van der Waals surface area contributed by atoms with Crippen LogP contribution < -0.4 is 16.0 Å². The number of likely N-dealkylation sites (tertiary alicyclic amines) is 1. The minimum absolute atomic E-state index is 0.493. The molecule has 9 nitrogen and oxygen atoms in total. The molecule has 3 N–H and O–H groups in total. The Labute approximate surface area is 142 Å². The van der Waals surface area contributed by atoms with Crippen LogP contribution in [0.25, 0.3) is 0 Å². The molecule has 0 amide bonds. The molecule has 0 saturated carbocycles. The summed E-state index contributed by atoms with van der Waals surface area (Å²) in [5.41, 5.74) is 10.2. The molecular formula is C15H28N8O. The van der Waals surface area contributed by atoms with E-state index in [1.54, 1.807) is 9.85 Å². The Hall–Kier alpha value is -2.00. The van der Waals surface area contributed by atoms with Crippen LogP contribution in [-0.4, -0.2) is 70.8 Å². The van der Waals surface area contributed by atoms with Crippen molar-refractivity contribution in [1.82, 2.24) is 30.3 Å². The number of hydrogen-bond donors (Lipinski definition) is 2. The number of hydrazone groups is 1. The maximum absolute atomic E-state index is 5.78. The van der Waals surface area contributed by atoms with Crippen LogP contribution in [0.4, 0.5) is 0 Å². The normalized spacial score (nSPS) is 19.0. The first kappa shape index (κ1) is 16.8. The predicted octanol–water partition coefficient (Wildman–Crippen LogP) is -0.373. The molecule has 3 heterocycles. The van der Waals surface area contributed by atoms with E-state index in [2.05, 4.69) is 20.5 Å². The van der Waals surface area contributed by atoms with Gasteiger partial charge in [-0.25, -0.2) is 5.43 Å². The molecule has 2 aliphatic rings. The lowest BCUT2D eigenvalue weighted by molar-refractivity contribution is 0.0775. The zero-order chi connectivity index (χ0) is 16.8. The van der Waals surface area contributed by atoms with E-state index in [0.717, 1.165) is 19.5 Å².